The zero-order chi connectivity index (χ0) is 15.0. The Labute approximate surface area is 130 Å². The summed E-state index contributed by atoms with van der Waals surface area (Å²) in [7, 11) is 0. The molecule has 106 valence electrons. The summed E-state index contributed by atoms with van der Waals surface area (Å²) >= 11 is 7.04. The molecule has 1 aliphatic heterocycles. The third kappa shape index (κ3) is 2.35. The molecule has 1 amide bonds. The molecule has 0 saturated carbocycles. The number of carbonyl (C=O) groups excluding carboxylic acids is 1. The minimum Gasteiger partial charge on any atom is -0.368 e. The molecule has 5 nitrogen and oxygen atoms in total. The Bertz CT molecular complexity index is 752. The van der Waals surface area contributed by atoms with Gasteiger partial charge in [0.25, 0.3) is 0 Å². The first-order valence-corrected chi connectivity index (χ1v) is 7.45. The number of rotatable bonds is 2. The SMILES string of the molecule is N#Cc1c(Cl)nsc1N1Cc2ccccc2C[C@H]1C(N)=O. The van der Waals surface area contributed by atoms with E-state index in [9.17, 15) is 10.1 Å². The third-order valence-electron chi connectivity index (χ3n) is 3.58. The number of nitriles is 1. The number of nitrogens with zero attached hydrogens (tertiary/aromatic N) is 3. The Hall–Kier alpha value is -2.10. The topological polar surface area (TPSA) is 83.0 Å². The minimum atomic E-state index is -0.497. The second-order valence-electron chi connectivity index (χ2n) is 4.78. The Kier molecular flexibility index (Phi) is 3.53. The molecule has 0 spiro atoms. The van der Waals surface area contributed by atoms with Gasteiger partial charge in [-0.15, -0.1) is 0 Å². The van der Waals surface area contributed by atoms with Gasteiger partial charge in [0.05, 0.1) is 0 Å². The van der Waals surface area contributed by atoms with Gasteiger partial charge in [-0.3, -0.25) is 4.79 Å². The number of carbonyl (C=O) groups is 1. The van der Waals surface area contributed by atoms with Crippen molar-refractivity contribution in [2.45, 2.75) is 19.0 Å². The number of hydrogen-bond donors (Lipinski definition) is 1. The molecular weight excluding hydrogens is 308 g/mol. The smallest absolute Gasteiger partial charge is 0.240 e. The summed E-state index contributed by atoms with van der Waals surface area (Å²) in [5.74, 6) is -0.419. The number of fused-ring (bicyclic) bond motifs is 1. The van der Waals surface area contributed by atoms with Crippen molar-refractivity contribution >= 4 is 34.0 Å². The molecule has 0 unspecified atom stereocenters. The summed E-state index contributed by atoms with van der Waals surface area (Å²) in [6.45, 7) is 0.511. The summed E-state index contributed by atoms with van der Waals surface area (Å²) < 4.78 is 4.00. The fourth-order valence-electron chi connectivity index (χ4n) is 2.54. The number of halogens is 1. The maximum Gasteiger partial charge on any atom is 0.240 e. The number of nitrogens with two attached hydrogens (primary N) is 1. The van der Waals surface area contributed by atoms with E-state index in [-0.39, 0.29) is 5.15 Å². The maximum atomic E-state index is 11.8. The first kappa shape index (κ1) is 13.9. The monoisotopic (exact) mass is 318 g/mol. The van der Waals surface area contributed by atoms with Crippen LogP contribution in [0.4, 0.5) is 5.00 Å². The third-order valence-corrected chi connectivity index (χ3v) is 4.84. The van der Waals surface area contributed by atoms with Gasteiger partial charge in [0.2, 0.25) is 5.91 Å². The zero-order valence-corrected chi connectivity index (χ0v) is 12.5. The van der Waals surface area contributed by atoms with Gasteiger partial charge in [-0.05, 0) is 22.7 Å². The molecule has 1 atom stereocenters. The zero-order valence-electron chi connectivity index (χ0n) is 10.9. The molecule has 0 bridgehead atoms. The van der Waals surface area contributed by atoms with Crippen molar-refractivity contribution in [3.05, 3.63) is 46.1 Å². The van der Waals surface area contributed by atoms with Crippen LogP contribution in [0, 0.1) is 11.3 Å². The first-order chi connectivity index (χ1) is 10.1. The number of anilines is 1. The van der Waals surface area contributed by atoms with Crippen LogP contribution in [0.2, 0.25) is 5.15 Å². The molecular formula is C14H11ClN4OS. The van der Waals surface area contributed by atoms with Crippen molar-refractivity contribution in [2.75, 3.05) is 4.90 Å². The van der Waals surface area contributed by atoms with E-state index in [1.807, 2.05) is 35.2 Å². The molecule has 0 saturated heterocycles. The van der Waals surface area contributed by atoms with Crippen LogP contribution in [0.5, 0.6) is 0 Å². The van der Waals surface area contributed by atoms with Gasteiger partial charge in [0, 0.05) is 13.0 Å². The number of hydrogen-bond acceptors (Lipinski definition) is 5. The summed E-state index contributed by atoms with van der Waals surface area (Å²) in [5.41, 5.74) is 8.05. The van der Waals surface area contributed by atoms with Gasteiger partial charge in [-0.2, -0.15) is 9.64 Å². The Morgan fingerprint density at radius 2 is 2.19 bits per heavy atom. The molecule has 2 heterocycles. The normalized spacial score (nSPS) is 17.1. The number of primary amides is 1. The highest BCUT2D eigenvalue weighted by atomic mass is 35.5. The number of benzene rings is 1. The van der Waals surface area contributed by atoms with E-state index in [2.05, 4.69) is 4.37 Å². The lowest BCUT2D eigenvalue weighted by Crippen LogP contribution is -2.48. The first-order valence-electron chi connectivity index (χ1n) is 6.30. The molecule has 2 N–H and O–H groups in total. The van der Waals surface area contributed by atoms with Gasteiger partial charge >= 0.3 is 0 Å². The summed E-state index contributed by atoms with van der Waals surface area (Å²) in [6, 6.07) is 9.44. The lowest BCUT2D eigenvalue weighted by atomic mass is 9.93. The van der Waals surface area contributed by atoms with Crippen LogP contribution in [0.3, 0.4) is 0 Å². The molecule has 0 aliphatic carbocycles. The van der Waals surface area contributed by atoms with Gasteiger partial charge < -0.3 is 10.6 Å². The van der Waals surface area contributed by atoms with Crippen LogP contribution in [0.25, 0.3) is 0 Å². The van der Waals surface area contributed by atoms with Crippen molar-refractivity contribution < 1.29 is 4.79 Å². The van der Waals surface area contributed by atoms with Gasteiger partial charge in [-0.25, -0.2) is 0 Å². The largest absolute Gasteiger partial charge is 0.368 e. The second kappa shape index (κ2) is 5.35. The van der Waals surface area contributed by atoms with E-state index in [4.69, 9.17) is 17.3 Å². The second-order valence-corrected chi connectivity index (χ2v) is 5.89. The van der Waals surface area contributed by atoms with Crippen molar-refractivity contribution in [1.29, 1.82) is 5.26 Å². The summed E-state index contributed by atoms with van der Waals surface area (Å²) in [4.78, 5) is 13.6. The van der Waals surface area contributed by atoms with Crippen LogP contribution in [-0.4, -0.2) is 16.3 Å². The molecule has 2 aromatic rings. The number of aromatic nitrogens is 1. The average Bonchev–Trinajstić information content (AvgIpc) is 2.86. The standard InChI is InChI=1S/C14H11ClN4OS/c15-12-10(6-16)14(21-18-12)19-7-9-4-2-1-3-8(9)5-11(19)13(17)20/h1-4,11H,5,7H2,(H2,17,20)/t11-/m0/s1. The molecule has 21 heavy (non-hydrogen) atoms. The fourth-order valence-corrected chi connectivity index (χ4v) is 3.62. The van der Waals surface area contributed by atoms with Crippen LogP contribution in [-0.2, 0) is 17.8 Å². The van der Waals surface area contributed by atoms with E-state index in [0.717, 1.165) is 22.7 Å². The van der Waals surface area contributed by atoms with E-state index < -0.39 is 11.9 Å². The van der Waals surface area contributed by atoms with Crippen molar-refractivity contribution in [3.63, 3.8) is 0 Å². The molecule has 1 aromatic carbocycles. The van der Waals surface area contributed by atoms with E-state index in [1.54, 1.807) is 0 Å². The highest BCUT2D eigenvalue weighted by molar-refractivity contribution is 7.10. The molecule has 1 aromatic heterocycles. The predicted octanol–water partition coefficient (Wildman–Crippen LogP) is 2.08. The van der Waals surface area contributed by atoms with Gasteiger partial charge in [0.15, 0.2) is 5.15 Å². The lowest BCUT2D eigenvalue weighted by molar-refractivity contribution is -0.119. The number of amides is 1. The Morgan fingerprint density at radius 1 is 1.48 bits per heavy atom. The lowest BCUT2D eigenvalue weighted by Gasteiger charge is -2.35. The van der Waals surface area contributed by atoms with Gasteiger partial charge in [-0.1, -0.05) is 35.9 Å². The highest BCUT2D eigenvalue weighted by Crippen LogP contribution is 2.36. The Morgan fingerprint density at radius 3 is 2.86 bits per heavy atom. The molecule has 0 radical (unpaired) electrons. The minimum absolute atomic E-state index is 0.166. The van der Waals surface area contributed by atoms with Crippen LogP contribution >= 0.6 is 23.1 Å². The highest BCUT2D eigenvalue weighted by Gasteiger charge is 2.33. The van der Waals surface area contributed by atoms with Crippen LogP contribution in [0.15, 0.2) is 24.3 Å². The van der Waals surface area contributed by atoms with Gasteiger partial charge in [0.1, 0.15) is 22.7 Å². The predicted molar refractivity (Wildman–Crippen MR) is 81.2 cm³/mol. The summed E-state index contributed by atoms with van der Waals surface area (Å²) in [6.07, 6.45) is 0.520. The van der Waals surface area contributed by atoms with E-state index in [0.29, 0.717) is 23.5 Å². The molecule has 7 heteroatoms. The van der Waals surface area contributed by atoms with Crippen LogP contribution in [0.1, 0.15) is 16.7 Å². The molecule has 1 aliphatic rings. The quantitative estimate of drug-likeness (QED) is 0.919. The van der Waals surface area contributed by atoms with E-state index in [1.165, 1.54) is 0 Å². The fraction of sp³-hybridized carbons (Fsp3) is 0.214. The van der Waals surface area contributed by atoms with Crippen LogP contribution < -0.4 is 10.6 Å². The summed E-state index contributed by atoms with van der Waals surface area (Å²) in [5, 5.41) is 9.99. The Balaban J connectivity index is 2.08. The average molecular weight is 319 g/mol. The molecule has 0 fully saturated rings. The molecule has 3 rings (SSSR count). The van der Waals surface area contributed by atoms with Crippen molar-refractivity contribution in [1.82, 2.24) is 4.37 Å². The van der Waals surface area contributed by atoms with Crippen molar-refractivity contribution in [2.24, 2.45) is 5.73 Å². The van der Waals surface area contributed by atoms with Crippen molar-refractivity contribution in [3.8, 4) is 6.07 Å². The maximum absolute atomic E-state index is 11.8. The van der Waals surface area contributed by atoms with E-state index >= 15 is 0 Å².